The molecule has 0 spiro atoms. The molecule has 120 valence electrons. The molecule has 23 heavy (non-hydrogen) atoms. The maximum Gasteiger partial charge on any atom is 0.308 e. The lowest BCUT2D eigenvalue weighted by Gasteiger charge is -2.13. The van der Waals surface area contributed by atoms with Gasteiger partial charge in [-0.2, -0.15) is 0 Å². The van der Waals surface area contributed by atoms with Crippen LogP contribution < -0.4 is 0 Å². The number of carbonyl (C=O) groups excluding carboxylic acids is 1. The molecule has 7 heteroatoms. The van der Waals surface area contributed by atoms with Crippen molar-refractivity contribution in [2.24, 2.45) is 11.8 Å². The number of carbonyl (C=O) groups is 2. The van der Waals surface area contributed by atoms with Crippen LogP contribution >= 0.6 is 0 Å². The summed E-state index contributed by atoms with van der Waals surface area (Å²) in [5.74, 6) is -1.70. The highest BCUT2D eigenvalue weighted by Crippen LogP contribution is 2.24. The number of aromatic nitrogens is 3. The molecule has 0 bridgehead atoms. The van der Waals surface area contributed by atoms with E-state index in [1.807, 2.05) is 37.3 Å². The van der Waals surface area contributed by atoms with Gasteiger partial charge in [0.25, 0.3) is 5.91 Å². The Morgan fingerprint density at radius 1 is 1.26 bits per heavy atom. The van der Waals surface area contributed by atoms with Crippen LogP contribution in [-0.4, -0.2) is 50.0 Å². The van der Waals surface area contributed by atoms with Gasteiger partial charge in [-0.15, -0.1) is 5.10 Å². The molecule has 3 rings (SSSR count). The molecule has 1 aliphatic heterocycles. The number of likely N-dealkylation sites (tertiary alicyclic amines) is 1. The van der Waals surface area contributed by atoms with Crippen LogP contribution in [0.2, 0.25) is 0 Å². The zero-order valence-electron chi connectivity index (χ0n) is 12.8. The van der Waals surface area contributed by atoms with Crippen molar-refractivity contribution < 1.29 is 14.7 Å². The first-order valence-corrected chi connectivity index (χ1v) is 7.50. The molecular formula is C16H18N4O3. The first-order chi connectivity index (χ1) is 11.0. The molecule has 1 saturated heterocycles. The van der Waals surface area contributed by atoms with Gasteiger partial charge < -0.3 is 10.0 Å². The van der Waals surface area contributed by atoms with E-state index < -0.39 is 11.9 Å². The first-order valence-electron chi connectivity index (χ1n) is 7.50. The van der Waals surface area contributed by atoms with Crippen molar-refractivity contribution in [2.45, 2.75) is 13.5 Å². The minimum absolute atomic E-state index is 0.0594. The van der Waals surface area contributed by atoms with Gasteiger partial charge in [0, 0.05) is 13.1 Å². The fourth-order valence-electron chi connectivity index (χ4n) is 2.86. The van der Waals surface area contributed by atoms with Crippen LogP contribution in [0.1, 0.15) is 23.0 Å². The molecule has 0 radical (unpaired) electrons. The van der Waals surface area contributed by atoms with E-state index in [1.54, 1.807) is 15.8 Å². The van der Waals surface area contributed by atoms with Crippen LogP contribution in [0.5, 0.6) is 0 Å². The van der Waals surface area contributed by atoms with E-state index in [1.165, 1.54) is 0 Å². The van der Waals surface area contributed by atoms with Gasteiger partial charge in [0.1, 0.15) is 0 Å². The Morgan fingerprint density at radius 3 is 2.65 bits per heavy atom. The Kier molecular flexibility index (Phi) is 4.10. The van der Waals surface area contributed by atoms with Crippen LogP contribution in [0.3, 0.4) is 0 Å². The number of aliphatic carboxylic acids is 1. The van der Waals surface area contributed by atoms with Crippen LogP contribution in [0, 0.1) is 11.8 Å². The average molecular weight is 314 g/mol. The van der Waals surface area contributed by atoms with Gasteiger partial charge in [-0.1, -0.05) is 42.5 Å². The number of nitrogens with zero attached hydrogens (tertiary/aromatic N) is 4. The molecule has 1 fully saturated rings. The number of benzene rings is 1. The normalized spacial score (nSPS) is 20.7. The maximum absolute atomic E-state index is 12.4. The summed E-state index contributed by atoms with van der Waals surface area (Å²) in [7, 11) is 0. The molecular weight excluding hydrogens is 296 g/mol. The molecule has 1 aromatic heterocycles. The SMILES string of the molecule is C[C@@H]1CN(C(=O)c2cn(Cc3ccccc3)nn2)C[C@H]1C(=O)O. The first kappa shape index (κ1) is 15.2. The fourth-order valence-corrected chi connectivity index (χ4v) is 2.86. The Bertz CT molecular complexity index is 713. The van der Waals surface area contributed by atoms with E-state index in [4.69, 9.17) is 5.11 Å². The zero-order chi connectivity index (χ0) is 16.4. The van der Waals surface area contributed by atoms with E-state index in [9.17, 15) is 9.59 Å². The second-order valence-electron chi connectivity index (χ2n) is 5.92. The summed E-state index contributed by atoms with van der Waals surface area (Å²) in [6.45, 7) is 3.04. The Labute approximate surface area is 133 Å². The molecule has 1 aromatic carbocycles. The second kappa shape index (κ2) is 6.20. The third-order valence-electron chi connectivity index (χ3n) is 4.16. The molecule has 0 saturated carbocycles. The highest BCUT2D eigenvalue weighted by molar-refractivity contribution is 5.92. The molecule has 0 aliphatic carbocycles. The highest BCUT2D eigenvalue weighted by atomic mass is 16.4. The second-order valence-corrected chi connectivity index (χ2v) is 5.92. The van der Waals surface area contributed by atoms with Gasteiger partial charge in [0.15, 0.2) is 5.69 Å². The predicted octanol–water partition coefficient (Wildman–Crippen LogP) is 1.12. The van der Waals surface area contributed by atoms with Crippen LogP contribution in [0.15, 0.2) is 36.5 Å². The van der Waals surface area contributed by atoms with Crippen LogP contribution in [0.25, 0.3) is 0 Å². The Hall–Kier alpha value is -2.70. The molecule has 1 aliphatic rings. The smallest absolute Gasteiger partial charge is 0.308 e. The highest BCUT2D eigenvalue weighted by Gasteiger charge is 2.37. The van der Waals surface area contributed by atoms with Gasteiger partial charge in [-0.05, 0) is 11.5 Å². The number of hydrogen-bond donors (Lipinski definition) is 1. The Balaban J connectivity index is 1.68. The molecule has 0 unspecified atom stereocenters. The number of carboxylic acids is 1. The largest absolute Gasteiger partial charge is 0.481 e. The number of amides is 1. The van der Waals surface area contributed by atoms with Crippen LogP contribution in [-0.2, 0) is 11.3 Å². The third kappa shape index (κ3) is 3.23. The minimum atomic E-state index is -0.861. The number of rotatable bonds is 4. The van der Waals surface area contributed by atoms with Crippen LogP contribution in [0.4, 0.5) is 0 Å². The number of hydrogen-bond acceptors (Lipinski definition) is 4. The predicted molar refractivity (Wildman–Crippen MR) is 81.8 cm³/mol. The third-order valence-corrected chi connectivity index (χ3v) is 4.16. The summed E-state index contributed by atoms with van der Waals surface area (Å²) in [5, 5.41) is 17.1. The zero-order valence-corrected chi connectivity index (χ0v) is 12.8. The van der Waals surface area contributed by atoms with Gasteiger partial charge in [-0.25, -0.2) is 4.68 Å². The molecule has 1 amide bonds. The monoisotopic (exact) mass is 314 g/mol. The van der Waals surface area contributed by atoms with Crippen molar-refractivity contribution in [3.63, 3.8) is 0 Å². The average Bonchev–Trinajstić information content (AvgIpc) is 3.14. The fraction of sp³-hybridized carbons (Fsp3) is 0.375. The summed E-state index contributed by atoms with van der Waals surface area (Å²) in [6.07, 6.45) is 1.61. The molecule has 7 nitrogen and oxygen atoms in total. The Morgan fingerprint density at radius 2 is 2.00 bits per heavy atom. The van der Waals surface area contributed by atoms with Crippen molar-refractivity contribution >= 4 is 11.9 Å². The molecule has 2 aromatic rings. The minimum Gasteiger partial charge on any atom is -0.481 e. The molecule has 2 heterocycles. The number of carboxylic acid groups (broad SMARTS) is 1. The standard InChI is InChI=1S/C16H18N4O3/c1-11-7-19(9-13(11)16(22)23)15(21)14-10-20(18-17-14)8-12-5-3-2-4-6-12/h2-6,10-11,13H,7-9H2,1H3,(H,22,23)/t11-,13-/m1/s1. The quantitative estimate of drug-likeness (QED) is 0.913. The van der Waals surface area contributed by atoms with E-state index in [2.05, 4.69) is 10.3 Å². The van der Waals surface area contributed by atoms with E-state index in [0.29, 0.717) is 13.1 Å². The van der Waals surface area contributed by atoms with Gasteiger partial charge >= 0.3 is 5.97 Å². The van der Waals surface area contributed by atoms with Gasteiger partial charge in [-0.3, -0.25) is 9.59 Å². The lowest BCUT2D eigenvalue weighted by atomic mass is 9.99. The summed E-state index contributed by atoms with van der Waals surface area (Å²) in [6, 6.07) is 9.77. The lowest BCUT2D eigenvalue weighted by molar-refractivity contribution is -0.142. The summed E-state index contributed by atoms with van der Waals surface area (Å²) in [5.41, 5.74) is 1.32. The maximum atomic E-state index is 12.4. The van der Waals surface area contributed by atoms with Crippen molar-refractivity contribution in [1.29, 1.82) is 0 Å². The van der Waals surface area contributed by atoms with E-state index in [0.717, 1.165) is 5.56 Å². The molecule has 2 atom stereocenters. The summed E-state index contributed by atoms with van der Waals surface area (Å²) in [4.78, 5) is 25.1. The van der Waals surface area contributed by atoms with Crippen molar-refractivity contribution in [2.75, 3.05) is 13.1 Å². The topological polar surface area (TPSA) is 88.3 Å². The van der Waals surface area contributed by atoms with Gasteiger partial charge in [0.05, 0.1) is 18.7 Å². The summed E-state index contributed by atoms with van der Waals surface area (Å²) >= 11 is 0. The van der Waals surface area contributed by atoms with E-state index >= 15 is 0 Å². The lowest BCUT2D eigenvalue weighted by Crippen LogP contribution is -2.30. The van der Waals surface area contributed by atoms with Crippen molar-refractivity contribution in [3.05, 3.63) is 47.8 Å². The van der Waals surface area contributed by atoms with Crippen molar-refractivity contribution in [1.82, 2.24) is 19.9 Å². The van der Waals surface area contributed by atoms with E-state index in [-0.39, 0.29) is 24.1 Å². The van der Waals surface area contributed by atoms with Gasteiger partial charge in [0.2, 0.25) is 0 Å². The summed E-state index contributed by atoms with van der Waals surface area (Å²) < 4.78 is 1.61. The van der Waals surface area contributed by atoms with Crippen molar-refractivity contribution in [3.8, 4) is 0 Å². The molecule has 1 N–H and O–H groups in total.